The number of rotatable bonds is 9. The van der Waals surface area contributed by atoms with Crippen molar-refractivity contribution >= 4 is 58.3 Å². The van der Waals surface area contributed by atoms with Crippen LogP contribution < -0.4 is 25.2 Å². The lowest BCUT2D eigenvalue weighted by Crippen LogP contribution is -2.54. The highest BCUT2D eigenvalue weighted by atomic mass is 35.5. The monoisotopic (exact) mass is 835 g/mol. The summed E-state index contributed by atoms with van der Waals surface area (Å²) in [4.78, 5) is 84.1. The number of carbonyl (C=O) groups is 5. The summed E-state index contributed by atoms with van der Waals surface area (Å²) in [6.45, 7) is 11.1. The van der Waals surface area contributed by atoms with E-state index in [9.17, 15) is 24.0 Å². The SMILES string of the molecule is [C-]#[N+]c1ccc(OC2CCC(NC(=O)c3cnc(N4C[C@H]5CC[C@@H](C4)N5CC4[C@H]5CN(c6cc7c(cc6F)C(=O)N(C6CCC(=O)NC6=O)C7=O)C[C@@H]45)cn3)CC2)cc1Cl. The number of aromatic nitrogens is 2. The molecular formula is C43H43ClFN9O6. The molecule has 10 rings (SSSR count). The van der Waals surface area contributed by atoms with Crippen LogP contribution in [0.5, 0.6) is 5.75 Å². The van der Waals surface area contributed by atoms with E-state index in [4.69, 9.17) is 22.9 Å². The Kier molecular flexibility index (Phi) is 9.70. The summed E-state index contributed by atoms with van der Waals surface area (Å²) in [5, 5.41) is 5.68. The molecule has 2 unspecified atom stereocenters. The molecule has 17 heteroatoms. The van der Waals surface area contributed by atoms with Crippen LogP contribution in [0.1, 0.15) is 82.6 Å². The number of hydrogen-bond donors (Lipinski definition) is 2. The number of halogens is 2. The molecule has 15 nitrogen and oxygen atoms in total. The fraction of sp³-hybridized carbons (Fsp3) is 0.488. The normalized spacial score (nSPS) is 29.6. The second kappa shape index (κ2) is 15.1. The fourth-order valence-electron chi connectivity index (χ4n) is 10.6. The first-order valence-corrected chi connectivity index (χ1v) is 21.2. The van der Waals surface area contributed by atoms with Crippen LogP contribution in [0.4, 0.5) is 21.6 Å². The van der Waals surface area contributed by atoms with Crippen LogP contribution in [0.3, 0.4) is 0 Å². The lowest BCUT2D eigenvalue weighted by atomic mass is 9.93. The molecule has 6 atom stereocenters. The Labute approximate surface area is 350 Å². The maximum absolute atomic E-state index is 15.5. The van der Waals surface area contributed by atoms with Gasteiger partial charge in [-0.25, -0.2) is 19.2 Å². The molecule has 5 amide bonds. The van der Waals surface area contributed by atoms with E-state index in [1.165, 1.54) is 6.07 Å². The van der Waals surface area contributed by atoms with Crippen LogP contribution in [0.2, 0.25) is 5.02 Å². The third-order valence-corrected chi connectivity index (χ3v) is 14.1. The molecule has 2 saturated carbocycles. The van der Waals surface area contributed by atoms with E-state index in [0.717, 1.165) is 74.9 Å². The minimum Gasteiger partial charge on any atom is -0.490 e. The van der Waals surface area contributed by atoms with Crippen molar-refractivity contribution in [2.75, 3.05) is 42.5 Å². The summed E-state index contributed by atoms with van der Waals surface area (Å²) in [6, 6.07) is 7.35. The van der Waals surface area contributed by atoms with Crippen LogP contribution in [0.25, 0.3) is 4.85 Å². The van der Waals surface area contributed by atoms with E-state index in [-0.39, 0.29) is 47.7 Å². The van der Waals surface area contributed by atoms with Crippen molar-refractivity contribution in [3.8, 4) is 5.75 Å². The van der Waals surface area contributed by atoms with Crippen molar-refractivity contribution in [2.24, 2.45) is 17.8 Å². The second-order valence-corrected chi connectivity index (χ2v) is 17.6. The number of piperidine rings is 2. The van der Waals surface area contributed by atoms with Crippen molar-refractivity contribution in [1.82, 2.24) is 30.4 Å². The Morgan fingerprint density at radius 3 is 2.27 bits per heavy atom. The molecule has 7 aliphatic rings. The largest absolute Gasteiger partial charge is 0.490 e. The summed E-state index contributed by atoms with van der Waals surface area (Å²) in [5.74, 6) is -0.574. The van der Waals surface area contributed by atoms with E-state index >= 15 is 4.39 Å². The molecular weight excluding hydrogens is 793 g/mol. The minimum absolute atomic E-state index is 0.0113. The molecule has 6 heterocycles. The summed E-state index contributed by atoms with van der Waals surface area (Å²) >= 11 is 6.16. The van der Waals surface area contributed by atoms with Crippen LogP contribution in [-0.4, -0.2) is 112 Å². The average Bonchev–Trinajstić information content (AvgIpc) is 3.41. The molecule has 2 bridgehead atoms. The molecule has 2 aromatic carbocycles. The third kappa shape index (κ3) is 6.91. The number of anilines is 2. The maximum atomic E-state index is 15.5. The van der Waals surface area contributed by atoms with Gasteiger partial charge < -0.3 is 19.9 Å². The van der Waals surface area contributed by atoms with E-state index < -0.39 is 35.5 Å². The van der Waals surface area contributed by atoms with Crippen molar-refractivity contribution in [3.63, 3.8) is 0 Å². The first-order chi connectivity index (χ1) is 29.0. The number of carbonyl (C=O) groups excluding carboxylic acids is 5. The van der Waals surface area contributed by atoms with Gasteiger partial charge in [-0.1, -0.05) is 17.7 Å². The molecule has 2 N–H and O–H groups in total. The summed E-state index contributed by atoms with van der Waals surface area (Å²) in [6.07, 6.45) is 8.65. The Balaban J connectivity index is 0.694. The molecule has 310 valence electrons. The van der Waals surface area contributed by atoms with Gasteiger partial charge in [-0.2, -0.15) is 0 Å². The fourth-order valence-corrected chi connectivity index (χ4v) is 10.8. The van der Waals surface area contributed by atoms with Crippen LogP contribution in [-0.2, 0) is 9.59 Å². The second-order valence-electron chi connectivity index (χ2n) is 17.2. The average molecular weight is 836 g/mol. The van der Waals surface area contributed by atoms with Crippen LogP contribution in [0, 0.1) is 30.1 Å². The van der Waals surface area contributed by atoms with Crippen LogP contribution >= 0.6 is 11.6 Å². The first kappa shape index (κ1) is 38.5. The Bertz CT molecular complexity index is 2330. The lowest BCUT2D eigenvalue weighted by molar-refractivity contribution is -0.136. The third-order valence-electron chi connectivity index (χ3n) is 13.8. The molecule has 5 aliphatic heterocycles. The lowest BCUT2D eigenvalue weighted by Gasteiger charge is -2.42. The van der Waals surface area contributed by atoms with Gasteiger partial charge in [0.15, 0.2) is 0 Å². The highest BCUT2D eigenvalue weighted by molar-refractivity contribution is 6.33. The van der Waals surface area contributed by atoms with E-state index in [1.807, 2.05) is 4.90 Å². The van der Waals surface area contributed by atoms with Crippen molar-refractivity contribution < 1.29 is 33.1 Å². The van der Waals surface area contributed by atoms with Crippen molar-refractivity contribution in [3.05, 3.63) is 81.8 Å². The van der Waals surface area contributed by atoms with Gasteiger partial charge in [-0.3, -0.25) is 39.1 Å². The number of nitrogens with one attached hydrogen (secondary N) is 2. The topological polar surface area (TPSA) is 162 Å². The van der Waals surface area contributed by atoms with Crippen molar-refractivity contribution in [1.29, 1.82) is 0 Å². The van der Waals surface area contributed by atoms with E-state index in [2.05, 4.69) is 35.2 Å². The zero-order chi connectivity index (χ0) is 41.4. The number of hydrogen-bond acceptors (Lipinski definition) is 11. The van der Waals surface area contributed by atoms with Gasteiger partial charge in [0.1, 0.15) is 29.1 Å². The van der Waals surface area contributed by atoms with Gasteiger partial charge in [0.2, 0.25) is 17.5 Å². The zero-order valence-corrected chi connectivity index (χ0v) is 33.4. The molecule has 0 radical (unpaired) electrons. The smallest absolute Gasteiger partial charge is 0.271 e. The molecule has 2 aliphatic carbocycles. The highest BCUT2D eigenvalue weighted by Gasteiger charge is 2.58. The predicted octanol–water partition coefficient (Wildman–Crippen LogP) is 4.38. The number of amides is 5. The summed E-state index contributed by atoms with van der Waals surface area (Å²) in [5.41, 5.74) is 1.01. The van der Waals surface area contributed by atoms with Gasteiger partial charge >= 0.3 is 0 Å². The van der Waals surface area contributed by atoms with Gasteiger partial charge in [0.05, 0.1) is 46.9 Å². The molecule has 60 heavy (non-hydrogen) atoms. The van der Waals surface area contributed by atoms with E-state index in [0.29, 0.717) is 65.1 Å². The van der Waals surface area contributed by atoms with Gasteiger partial charge in [0.25, 0.3) is 17.7 Å². The molecule has 0 spiro atoms. The minimum atomic E-state index is -1.10. The number of nitrogens with zero attached hydrogens (tertiary/aromatic N) is 7. The highest BCUT2D eigenvalue weighted by Crippen LogP contribution is 2.54. The molecule has 3 aromatic rings. The number of fused-ring (bicyclic) bond motifs is 4. The number of piperazine rings is 1. The van der Waals surface area contributed by atoms with Gasteiger partial charge in [-0.15, -0.1) is 0 Å². The molecule has 4 saturated heterocycles. The van der Waals surface area contributed by atoms with E-state index in [1.54, 1.807) is 30.6 Å². The van der Waals surface area contributed by atoms with Gasteiger partial charge in [-0.05, 0) is 87.0 Å². The summed E-state index contributed by atoms with van der Waals surface area (Å²) < 4.78 is 21.6. The number of imide groups is 2. The van der Waals surface area contributed by atoms with Crippen molar-refractivity contribution in [2.45, 2.75) is 81.6 Å². The molecule has 1 aromatic heterocycles. The Morgan fingerprint density at radius 2 is 1.62 bits per heavy atom. The Morgan fingerprint density at radius 1 is 0.900 bits per heavy atom. The van der Waals surface area contributed by atoms with Crippen LogP contribution in [0.15, 0.2) is 42.7 Å². The predicted molar refractivity (Wildman–Crippen MR) is 215 cm³/mol. The number of benzene rings is 2. The standard InChI is InChI=1S/C43H43ClFN9O6/c1-46-34-9-8-26(12-32(34)44)60-25-6-2-22(3-7-25)49-40(56)35-15-48-38(16-47-35)52-17-23-4-5-24(18-52)53(23)21-31-29-19-51(20-30(29)31)37-14-28-27(13-33(37)45)42(58)54(43(28)59)36-10-11-39(55)50-41(36)57/h8-9,12-16,22-25,29-31,36H,2-7,10-11,17-21H2,(H,49,56)(H,50,55,57)/t22?,23-,24+,25?,29-,30+,31?,36?. The first-order valence-electron chi connectivity index (χ1n) is 20.8. The molecule has 6 fully saturated rings. The zero-order valence-electron chi connectivity index (χ0n) is 32.7. The van der Waals surface area contributed by atoms with Gasteiger partial charge in [0, 0.05) is 57.3 Å². The quantitative estimate of drug-likeness (QED) is 0.233. The maximum Gasteiger partial charge on any atom is 0.271 e. The summed E-state index contributed by atoms with van der Waals surface area (Å²) in [7, 11) is 0. The number of ether oxygens (including phenoxy) is 1. The Hall–Kier alpha value is -5.66.